The van der Waals surface area contributed by atoms with Gasteiger partial charge in [0, 0.05) is 13.1 Å². The van der Waals surface area contributed by atoms with Crippen LogP contribution in [-0.2, 0) is 10.3 Å². The summed E-state index contributed by atoms with van der Waals surface area (Å²) in [6.07, 6.45) is -12.2. The topological polar surface area (TPSA) is 62.9 Å². The van der Waals surface area contributed by atoms with Gasteiger partial charge >= 0.3 is 12.4 Å². The largest absolute Gasteiger partial charge is 0.437 e. The molecule has 130 valence electrons. The van der Waals surface area contributed by atoms with Crippen LogP contribution in [-0.4, -0.2) is 50.0 Å². The average Bonchev–Trinajstić information content (AvgIpc) is 2.89. The molecular weight excluding hydrogens is 336 g/mol. The number of hydrogen-bond donors (Lipinski definition) is 1. The van der Waals surface area contributed by atoms with Gasteiger partial charge in [0.05, 0.1) is 18.8 Å². The van der Waals surface area contributed by atoms with Crippen LogP contribution >= 0.6 is 0 Å². The van der Waals surface area contributed by atoms with Gasteiger partial charge in [0.25, 0.3) is 5.60 Å². The SMILES string of the molecule is O=Cc1cc(C(O)(C(F)(F)F)C(F)(F)F)c(N2CCOCC2)o1. The van der Waals surface area contributed by atoms with Crippen molar-refractivity contribution in [2.45, 2.75) is 18.0 Å². The van der Waals surface area contributed by atoms with E-state index in [2.05, 4.69) is 0 Å². The fraction of sp³-hybridized carbons (Fsp3) is 0.583. The summed E-state index contributed by atoms with van der Waals surface area (Å²) >= 11 is 0. The zero-order valence-electron chi connectivity index (χ0n) is 11.4. The number of alkyl halides is 6. The summed E-state index contributed by atoms with van der Waals surface area (Å²) in [5.74, 6) is -1.61. The number of rotatable bonds is 3. The number of nitrogens with zero attached hydrogens (tertiary/aromatic N) is 1. The minimum atomic E-state index is -6.06. The summed E-state index contributed by atoms with van der Waals surface area (Å²) in [6.45, 7) is -0.00470. The molecule has 0 aromatic carbocycles. The van der Waals surface area contributed by atoms with Gasteiger partial charge in [-0.15, -0.1) is 0 Å². The third kappa shape index (κ3) is 2.90. The first-order valence-corrected chi connectivity index (χ1v) is 6.30. The number of furan rings is 1. The van der Waals surface area contributed by atoms with Gasteiger partial charge in [-0.1, -0.05) is 0 Å². The Morgan fingerprint density at radius 1 is 1.09 bits per heavy atom. The van der Waals surface area contributed by atoms with Crippen LogP contribution in [0, 0.1) is 0 Å². The fourth-order valence-corrected chi connectivity index (χ4v) is 2.18. The summed E-state index contributed by atoms with van der Waals surface area (Å²) in [4.78, 5) is 11.7. The molecule has 1 N–H and O–H groups in total. The molecule has 11 heteroatoms. The van der Waals surface area contributed by atoms with Crippen molar-refractivity contribution in [3.63, 3.8) is 0 Å². The van der Waals surface area contributed by atoms with Crippen molar-refractivity contribution in [1.29, 1.82) is 0 Å². The Morgan fingerprint density at radius 3 is 2.04 bits per heavy atom. The molecule has 0 aliphatic carbocycles. The van der Waals surface area contributed by atoms with Gasteiger partial charge in [-0.25, -0.2) is 0 Å². The lowest BCUT2D eigenvalue weighted by molar-refractivity contribution is -0.376. The molecule has 0 saturated carbocycles. The van der Waals surface area contributed by atoms with Crippen molar-refractivity contribution >= 4 is 12.2 Å². The van der Waals surface area contributed by atoms with Crippen LogP contribution in [0.25, 0.3) is 0 Å². The Labute approximate surface area is 125 Å². The number of halogens is 6. The highest BCUT2D eigenvalue weighted by atomic mass is 19.4. The molecule has 0 unspecified atom stereocenters. The van der Waals surface area contributed by atoms with Crippen molar-refractivity contribution in [3.05, 3.63) is 17.4 Å². The first kappa shape index (κ1) is 17.6. The van der Waals surface area contributed by atoms with E-state index in [1.165, 1.54) is 0 Å². The molecule has 0 amide bonds. The molecule has 0 bridgehead atoms. The maximum Gasteiger partial charge on any atom is 0.430 e. The number of morpholine rings is 1. The van der Waals surface area contributed by atoms with Crippen LogP contribution in [0.5, 0.6) is 0 Å². The van der Waals surface area contributed by atoms with E-state index in [0.29, 0.717) is 0 Å². The Balaban J connectivity index is 2.63. The first-order valence-electron chi connectivity index (χ1n) is 6.30. The van der Waals surface area contributed by atoms with Gasteiger partial charge in [0.1, 0.15) is 0 Å². The van der Waals surface area contributed by atoms with Crippen LogP contribution in [0.3, 0.4) is 0 Å². The Kier molecular flexibility index (Phi) is 4.37. The normalized spacial score (nSPS) is 17.4. The lowest BCUT2D eigenvalue weighted by Gasteiger charge is -2.34. The molecule has 0 atom stereocenters. The third-order valence-electron chi connectivity index (χ3n) is 3.36. The van der Waals surface area contributed by atoms with Gasteiger partial charge in [-0.05, 0) is 6.07 Å². The van der Waals surface area contributed by atoms with Crippen LogP contribution in [0.4, 0.5) is 32.2 Å². The highest BCUT2D eigenvalue weighted by Gasteiger charge is 2.73. The highest BCUT2D eigenvalue weighted by molar-refractivity contribution is 5.73. The van der Waals surface area contributed by atoms with Crippen LogP contribution < -0.4 is 4.90 Å². The predicted octanol–water partition coefficient (Wildman–Crippen LogP) is 2.24. The van der Waals surface area contributed by atoms with E-state index in [-0.39, 0.29) is 38.7 Å². The molecule has 1 aliphatic heterocycles. The molecule has 0 radical (unpaired) electrons. The number of carbonyl (C=O) groups is 1. The number of anilines is 1. The molecule has 1 aromatic rings. The summed E-state index contributed by atoms with van der Waals surface area (Å²) in [5, 5.41) is 9.49. The summed E-state index contributed by atoms with van der Waals surface area (Å²) in [6, 6.07) is 0.249. The van der Waals surface area contributed by atoms with E-state index < -0.39 is 35.2 Å². The molecule has 23 heavy (non-hydrogen) atoms. The summed E-state index contributed by atoms with van der Waals surface area (Å²) in [7, 11) is 0. The van der Waals surface area contributed by atoms with Gasteiger partial charge in [-0.3, -0.25) is 4.79 Å². The van der Waals surface area contributed by atoms with Crippen molar-refractivity contribution < 1.29 is 45.4 Å². The smallest absolute Gasteiger partial charge is 0.430 e. The number of aldehydes is 1. The highest BCUT2D eigenvalue weighted by Crippen LogP contribution is 2.53. The minimum Gasteiger partial charge on any atom is -0.437 e. The number of hydrogen-bond acceptors (Lipinski definition) is 5. The third-order valence-corrected chi connectivity index (χ3v) is 3.36. The molecule has 5 nitrogen and oxygen atoms in total. The molecular formula is C12H11F6NO4. The van der Waals surface area contributed by atoms with Crippen molar-refractivity contribution in [2.75, 3.05) is 31.2 Å². The lowest BCUT2D eigenvalue weighted by Crippen LogP contribution is -2.54. The second-order valence-electron chi connectivity index (χ2n) is 4.79. The molecule has 2 rings (SSSR count). The van der Waals surface area contributed by atoms with Gasteiger partial charge in [-0.2, -0.15) is 26.3 Å². The van der Waals surface area contributed by atoms with Crippen molar-refractivity contribution in [2.24, 2.45) is 0 Å². The van der Waals surface area contributed by atoms with E-state index in [1.807, 2.05) is 0 Å². The molecule has 1 aliphatic rings. The second kappa shape index (κ2) is 5.71. The number of carbonyl (C=O) groups excluding carboxylic acids is 1. The fourth-order valence-electron chi connectivity index (χ4n) is 2.18. The molecule has 0 spiro atoms. The van der Waals surface area contributed by atoms with Gasteiger partial charge < -0.3 is 19.2 Å². The minimum absolute atomic E-state index is 0.0411. The monoisotopic (exact) mass is 347 g/mol. The predicted molar refractivity (Wildman–Crippen MR) is 63.1 cm³/mol. The van der Waals surface area contributed by atoms with Crippen molar-refractivity contribution in [3.8, 4) is 0 Å². The molecule has 1 saturated heterocycles. The van der Waals surface area contributed by atoms with E-state index in [0.717, 1.165) is 4.90 Å². The maximum atomic E-state index is 13.0. The van der Waals surface area contributed by atoms with Crippen LogP contribution in [0.1, 0.15) is 16.1 Å². The van der Waals surface area contributed by atoms with Gasteiger partial charge in [0.2, 0.25) is 5.88 Å². The maximum absolute atomic E-state index is 13.0. The zero-order valence-corrected chi connectivity index (χ0v) is 11.4. The molecule has 2 heterocycles. The zero-order chi connectivity index (χ0) is 17.5. The summed E-state index contributed by atoms with van der Waals surface area (Å²) in [5.41, 5.74) is -6.72. The van der Waals surface area contributed by atoms with Gasteiger partial charge in [0.15, 0.2) is 12.0 Å². The first-order chi connectivity index (χ1) is 10.5. The summed E-state index contributed by atoms with van der Waals surface area (Å²) < 4.78 is 87.8. The van der Waals surface area contributed by atoms with E-state index >= 15 is 0 Å². The number of aliphatic hydroxyl groups is 1. The Hall–Kier alpha value is -1.75. The quantitative estimate of drug-likeness (QED) is 0.671. The van der Waals surface area contributed by atoms with Crippen LogP contribution in [0.2, 0.25) is 0 Å². The van der Waals surface area contributed by atoms with E-state index in [1.54, 1.807) is 0 Å². The number of ether oxygens (including phenoxy) is 1. The average molecular weight is 347 g/mol. The standard InChI is InChI=1S/C12H11F6NO4/c13-11(14,15)10(21,12(16,17)18)8-5-7(6-20)23-9(8)19-1-3-22-4-2-19/h5-6,21H,1-4H2. The van der Waals surface area contributed by atoms with Crippen LogP contribution in [0.15, 0.2) is 10.5 Å². The van der Waals surface area contributed by atoms with E-state index in [4.69, 9.17) is 9.15 Å². The van der Waals surface area contributed by atoms with Crippen molar-refractivity contribution in [1.82, 2.24) is 0 Å². The Bertz CT molecular complexity index is 559. The second-order valence-corrected chi connectivity index (χ2v) is 4.79. The van der Waals surface area contributed by atoms with E-state index in [9.17, 15) is 36.2 Å². The lowest BCUT2D eigenvalue weighted by atomic mass is 9.93. The Morgan fingerprint density at radius 2 is 1.61 bits per heavy atom. The molecule has 1 fully saturated rings. The molecule has 1 aromatic heterocycles.